The van der Waals surface area contributed by atoms with E-state index in [9.17, 15) is 9.59 Å². The molecule has 0 aliphatic heterocycles. The van der Waals surface area contributed by atoms with Gasteiger partial charge < -0.3 is 16.0 Å². The second kappa shape index (κ2) is 5.62. The number of halogens is 1. The van der Waals surface area contributed by atoms with Crippen molar-refractivity contribution in [2.45, 2.75) is 0 Å². The third-order valence-electron chi connectivity index (χ3n) is 2.11. The molecule has 0 aliphatic carbocycles. The van der Waals surface area contributed by atoms with Crippen LogP contribution in [0, 0.1) is 0 Å². The smallest absolute Gasteiger partial charge is 0.255 e. The number of nitrogen functional groups attached to an aromatic ring is 1. The maximum absolute atomic E-state index is 12.0. The first-order valence-corrected chi connectivity index (χ1v) is 5.62. The Morgan fingerprint density at radius 2 is 2.24 bits per heavy atom. The van der Waals surface area contributed by atoms with Crippen molar-refractivity contribution in [1.29, 1.82) is 0 Å². The van der Waals surface area contributed by atoms with E-state index < -0.39 is 0 Å². The highest BCUT2D eigenvalue weighted by Gasteiger charge is 2.17. The van der Waals surface area contributed by atoms with Crippen molar-refractivity contribution < 1.29 is 9.59 Å². The number of amides is 2. The first-order valence-electron chi connectivity index (χ1n) is 4.82. The molecule has 1 rings (SSSR count). The minimum absolute atomic E-state index is 0.00992. The lowest BCUT2D eigenvalue weighted by atomic mass is 10.2. The van der Waals surface area contributed by atoms with Gasteiger partial charge in [0.25, 0.3) is 5.91 Å². The molecule has 0 radical (unpaired) electrons. The number of nitrogens with one attached hydrogen (secondary N) is 1. The zero-order chi connectivity index (χ0) is 13.0. The lowest BCUT2D eigenvalue weighted by Crippen LogP contribution is -2.37. The van der Waals surface area contributed by atoms with Crippen molar-refractivity contribution in [3.63, 3.8) is 0 Å². The number of hydrogen-bond acceptors (Lipinski definition) is 4. The van der Waals surface area contributed by atoms with Crippen molar-refractivity contribution in [3.8, 4) is 0 Å². The van der Waals surface area contributed by atoms with Gasteiger partial charge in [0.05, 0.1) is 12.1 Å². The summed E-state index contributed by atoms with van der Waals surface area (Å²) in [7, 11) is 3.06. The zero-order valence-electron chi connectivity index (χ0n) is 9.53. The Balaban J connectivity index is 2.88. The molecule has 17 heavy (non-hydrogen) atoms. The molecule has 0 unspecified atom stereocenters. The lowest BCUT2D eigenvalue weighted by Gasteiger charge is -2.16. The normalized spacial score (nSPS) is 9.82. The van der Waals surface area contributed by atoms with E-state index in [1.54, 1.807) is 7.05 Å². The van der Waals surface area contributed by atoms with E-state index in [1.165, 1.54) is 24.2 Å². The number of rotatable bonds is 3. The Labute approximate surface area is 107 Å². The molecule has 6 nitrogen and oxygen atoms in total. The largest absolute Gasteiger partial charge is 0.384 e. The van der Waals surface area contributed by atoms with Gasteiger partial charge in [-0.3, -0.25) is 9.59 Å². The predicted octanol–water partition coefficient (Wildman–Crippen LogP) is 0.244. The van der Waals surface area contributed by atoms with Crippen LogP contribution < -0.4 is 11.1 Å². The Kier molecular flexibility index (Phi) is 4.45. The molecule has 1 heterocycles. The molecule has 7 heteroatoms. The summed E-state index contributed by atoms with van der Waals surface area (Å²) in [4.78, 5) is 28.3. The number of carbonyl (C=O) groups is 2. The molecule has 0 aliphatic rings. The van der Waals surface area contributed by atoms with Gasteiger partial charge in [-0.2, -0.15) is 0 Å². The van der Waals surface area contributed by atoms with Crippen LogP contribution in [-0.2, 0) is 4.79 Å². The van der Waals surface area contributed by atoms with Crippen molar-refractivity contribution in [2.24, 2.45) is 0 Å². The van der Waals surface area contributed by atoms with Gasteiger partial charge >= 0.3 is 0 Å². The number of nitrogens with two attached hydrogens (primary N) is 1. The van der Waals surface area contributed by atoms with E-state index in [4.69, 9.17) is 5.73 Å². The monoisotopic (exact) mass is 300 g/mol. The van der Waals surface area contributed by atoms with E-state index in [0.717, 1.165) is 0 Å². The first kappa shape index (κ1) is 13.4. The van der Waals surface area contributed by atoms with Crippen LogP contribution in [0.2, 0.25) is 0 Å². The van der Waals surface area contributed by atoms with Crippen LogP contribution in [0.1, 0.15) is 10.4 Å². The molecule has 1 aromatic heterocycles. The quantitative estimate of drug-likeness (QED) is 0.837. The Morgan fingerprint density at radius 3 is 2.82 bits per heavy atom. The van der Waals surface area contributed by atoms with Crippen molar-refractivity contribution in [3.05, 3.63) is 22.3 Å². The van der Waals surface area contributed by atoms with Gasteiger partial charge in [0.1, 0.15) is 5.82 Å². The highest BCUT2D eigenvalue weighted by Crippen LogP contribution is 2.18. The molecule has 1 aromatic rings. The van der Waals surface area contributed by atoms with Crippen LogP contribution in [0.15, 0.2) is 16.7 Å². The SMILES string of the molecule is CNC(=O)CN(C)C(=O)c1cc(N)ncc1Br. The number of likely N-dealkylation sites (N-methyl/N-ethyl adjacent to an activating group) is 2. The summed E-state index contributed by atoms with van der Waals surface area (Å²) >= 11 is 3.22. The van der Waals surface area contributed by atoms with Gasteiger partial charge in [-0.25, -0.2) is 4.98 Å². The van der Waals surface area contributed by atoms with Crippen LogP contribution in [0.3, 0.4) is 0 Å². The molecule has 3 N–H and O–H groups in total. The Morgan fingerprint density at radius 1 is 1.59 bits per heavy atom. The second-order valence-corrected chi connectivity index (χ2v) is 4.28. The molecule has 0 bridgehead atoms. The van der Waals surface area contributed by atoms with E-state index in [0.29, 0.717) is 10.0 Å². The van der Waals surface area contributed by atoms with E-state index >= 15 is 0 Å². The Bertz CT molecular complexity index is 450. The van der Waals surface area contributed by atoms with E-state index in [1.807, 2.05) is 0 Å². The summed E-state index contributed by atoms with van der Waals surface area (Å²) in [6, 6.07) is 1.47. The van der Waals surface area contributed by atoms with E-state index in [2.05, 4.69) is 26.2 Å². The molecule has 0 saturated carbocycles. The van der Waals surface area contributed by atoms with Gasteiger partial charge in [-0.1, -0.05) is 0 Å². The minimum atomic E-state index is -0.297. The third-order valence-corrected chi connectivity index (χ3v) is 2.75. The second-order valence-electron chi connectivity index (χ2n) is 3.42. The lowest BCUT2D eigenvalue weighted by molar-refractivity contribution is -0.121. The zero-order valence-corrected chi connectivity index (χ0v) is 11.1. The fourth-order valence-corrected chi connectivity index (χ4v) is 1.58. The Hall–Kier alpha value is -1.63. The molecule has 0 saturated heterocycles. The summed E-state index contributed by atoms with van der Waals surface area (Å²) in [5, 5.41) is 2.45. The summed E-state index contributed by atoms with van der Waals surface area (Å²) in [5.74, 6) is -0.279. The van der Waals surface area contributed by atoms with Gasteiger partial charge in [-0.05, 0) is 22.0 Å². The fraction of sp³-hybridized carbons (Fsp3) is 0.300. The van der Waals surface area contributed by atoms with Crippen molar-refractivity contribution in [1.82, 2.24) is 15.2 Å². The van der Waals surface area contributed by atoms with E-state index in [-0.39, 0.29) is 24.2 Å². The van der Waals surface area contributed by atoms with Crippen LogP contribution in [0.25, 0.3) is 0 Å². The third kappa shape index (κ3) is 3.42. The van der Waals surface area contributed by atoms with Crippen LogP contribution >= 0.6 is 15.9 Å². The number of aromatic nitrogens is 1. The van der Waals surface area contributed by atoms with Gasteiger partial charge in [0.15, 0.2) is 0 Å². The molecule has 0 aromatic carbocycles. The number of nitrogens with zero attached hydrogens (tertiary/aromatic N) is 2. The summed E-state index contributed by atoms with van der Waals surface area (Å²) < 4.78 is 0.542. The fourth-order valence-electron chi connectivity index (χ4n) is 1.19. The maximum Gasteiger partial charge on any atom is 0.255 e. The minimum Gasteiger partial charge on any atom is -0.384 e. The number of carbonyl (C=O) groups excluding carboxylic acids is 2. The standard InChI is InChI=1S/C10H13BrN4O2/c1-13-9(16)5-15(2)10(17)6-3-8(12)14-4-7(6)11/h3-4H,5H2,1-2H3,(H2,12,14)(H,13,16). The number of anilines is 1. The van der Waals surface area contributed by atoms with Gasteiger partial charge in [-0.15, -0.1) is 0 Å². The average Bonchev–Trinajstić information content (AvgIpc) is 2.31. The predicted molar refractivity (Wildman–Crippen MR) is 67.4 cm³/mol. The molecule has 0 atom stereocenters. The highest BCUT2D eigenvalue weighted by atomic mass is 79.9. The van der Waals surface area contributed by atoms with Crippen molar-refractivity contribution >= 4 is 33.6 Å². The maximum atomic E-state index is 12.0. The molecule has 2 amide bonds. The first-order chi connectivity index (χ1) is 7.95. The van der Waals surface area contributed by atoms with Crippen molar-refractivity contribution in [2.75, 3.05) is 26.4 Å². The van der Waals surface area contributed by atoms with Crippen LogP contribution in [-0.4, -0.2) is 42.3 Å². The molecular formula is C10H13BrN4O2. The molecule has 0 fully saturated rings. The van der Waals surface area contributed by atoms with Crippen LogP contribution in [0.4, 0.5) is 5.82 Å². The summed E-state index contributed by atoms with van der Waals surface area (Å²) in [6.45, 7) is -0.00992. The summed E-state index contributed by atoms with van der Waals surface area (Å²) in [6.07, 6.45) is 1.45. The topological polar surface area (TPSA) is 88.3 Å². The number of hydrogen-bond donors (Lipinski definition) is 2. The molecule has 92 valence electrons. The molecular weight excluding hydrogens is 288 g/mol. The van der Waals surface area contributed by atoms with Crippen LogP contribution in [0.5, 0.6) is 0 Å². The number of pyridine rings is 1. The van der Waals surface area contributed by atoms with Gasteiger partial charge in [0, 0.05) is 24.8 Å². The van der Waals surface area contributed by atoms with Gasteiger partial charge in [0.2, 0.25) is 5.91 Å². The summed E-state index contributed by atoms with van der Waals surface area (Å²) in [5.41, 5.74) is 5.89. The average molecular weight is 301 g/mol. The molecule has 0 spiro atoms. The highest BCUT2D eigenvalue weighted by molar-refractivity contribution is 9.10.